The zero-order valence-corrected chi connectivity index (χ0v) is 17.1. The lowest BCUT2D eigenvalue weighted by Crippen LogP contribution is -2.33. The van der Waals surface area contributed by atoms with Crippen LogP contribution in [0.4, 0.5) is 0 Å². The summed E-state index contributed by atoms with van der Waals surface area (Å²) in [4.78, 5) is 12.4. The number of carbonyl (C=O) groups excluding carboxylic acids is 1. The summed E-state index contributed by atoms with van der Waals surface area (Å²) in [5.41, 5.74) is 0.303. The monoisotopic (exact) mass is 388 g/mol. The van der Waals surface area contributed by atoms with Crippen LogP contribution < -0.4 is 5.32 Å². The fraction of sp³-hybridized carbons (Fsp3) is 0.611. The van der Waals surface area contributed by atoms with E-state index in [-0.39, 0.29) is 21.9 Å². The van der Waals surface area contributed by atoms with Crippen LogP contribution >= 0.6 is 11.6 Å². The minimum Gasteiger partial charge on any atom is -0.350 e. The number of hydrogen-bond donors (Lipinski definition) is 1. The molecule has 0 saturated carbocycles. The van der Waals surface area contributed by atoms with Gasteiger partial charge in [-0.25, -0.2) is 8.42 Å². The summed E-state index contributed by atoms with van der Waals surface area (Å²) in [6.45, 7) is 8.32. The van der Waals surface area contributed by atoms with E-state index in [9.17, 15) is 13.2 Å². The Morgan fingerprint density at radius 1 is 1.20 bits per heavy atom. The Hall–Kier alpha value is -1.11. The Kier molecular flexibility index (Phi) is 8.89. The van der Waals surface area contributed by atoms with Gasteiger partial charge in [0.15, 0.2) is 0 Å². The molecular weight excluding hydrogens is 360 g/mol. The van der Waals surface area contributed by atoms with E-state index < -0.39 is 10.0 Å². The van der Waals surface area contributed by atoms with Crippen molar-refractivity contribution in [3.8, 4) is 0 Å². The fourth-order valence-corrected chi connectivity index (χ4v) is 4.58. The van der Waals surface area contributed by atoms with Crippen LogP contribution in [-0.2, 0) is 10.0 Å². The molecule has 0 aromatic heterocycles. The van der Waals surface area contributed by atoms with Crippen molar-refractivity contribution in [3.63, 3.8) is 0 Å². The summed E-state index contributed by atoms with van der Waals surface area (Å²) in [6.07, 6.45) is 4.22. The number of unbranched alkanes of at least 4 members (excludes halogenated alkanes) is 2. The summed E-state index contributed by atoms with van der Waals surface area (Å²) >= 11 is 6.10. The molecule has 0 aliphatic heterocycles. The number of nitrogens with one attached hydrogen (secondary N) is 1. The maximum Gasteiger partial charge on any atom is 0.251 e. The topological polar surface area (TPSA) is 66.5 Å². The molecule has 1 rings (SSSR count). The first-order valence-corrected chi connectivity index (χ1v) is 10.7. The van der Waals surface area contributed by atoms with Gasteiger partial charge < -0.3 is 5.32 Å². The largest absolute Gasteiger partial charge is 0.350 e. The van der Waals surface area contributed by atoms with Crippen LogP contribution in [0.3, 0.4) is 0 Å². The van der Waals surface area contributed by atoms with Gasteiger partial charge in [-0.2, -0.15) is 4.31 Å². The number of hydrogen-bond acceptors (Lipinski definition) is 3. The summed E-state index contributed by atoms with van der Waals surface area (Å²) in [6, 6.07) is 4.42. The van der Waals surface area contributed by atoms with E-state index in [1.54, 1.807) is 19.9 Å². The van der Waals surface area contributed by atoms with Crippen LogP contribution in [0.2, 0.25) is 5.02 Å². The lowest BCUT2D eigenvalue weighted by molar-refractivity contribution is 0.0937. The normalized spacial score (nSPS) is 13.0. The van der Waals surface area contributed by atoms with Gasteiger partial charge in [0.25, 0.3) is 5.91 Å². The van der Waals surface area contributed by atoms with Crippen molar-refractivity contribution in [2.45, 2.75) is 64.3 Å². The summed E-state index contributed by atoms with van der Waals surface area (Å²) < 4.78 is 26.7. The Morgan fingerprint density at radius 3 is 2.40 bits per heavy atom. The fourth-order valence-electron chi connectivity index (χ4n) is 2.62. The maximum absolute atomic E-state index is 12.7. The molecule has 1 aromatic rings. The Bertz CT molecular complexity index is 673. The molecule has 0 saturated heterocycles. The number of halogens is 1. The molecule has 0 aliphatic rings. The molecule has 0 heterocycles. The summed E-state index contributed by atoms with van der Waals surface area (Å²) in [5, 5.41) is 3.04. The highest BCUT2D eigenvalue weighted by Crippen LogP contribution is 2.26. The van der Waals surface area contributed by atoms with Gasteiger partial charge in [-0.05, 0) is 31.5 Å². The minimum atomic E-state index is -3.71. The number of sulfonamides is 1. The molecule has 1 amide bonds. The maximum atomic E-state index is 12.7. The Morgan fingerprint density at radius 2 is 1.84 bits per heavy atom. The van der Waals surface area contributed by atoms with Crippen molar-refractivity contribution in [2.75, 3.05) is 13.1 Å². The molecule has 0 aliphatic carbocycles. The lowest BCUT2D eigenvalue weighted by Gasteiger charge is -2.20. The second-order valence-corrected chi connectivity index (χ2v) is 8.42. The van der Waals surface area contributed by atoms with Crippen LogP contribution in [0.5, 0.6) is 0 Å². The molecular formula is C18H29ClN2O3S. The van der Waals surface area contributed by atoms with Crippen molar-refractivity contribution in [2.24, 2.45) is 0 Å². The van der Waals surface area contributed by atoms with Gasteiger partial charge >= 0.3 is 0 Å². The average molecular weight is 389 g/mol. The van der Waals surface area contributed by atoms with E-state index in [0.717, 1.165) is 25.7 Å². The van der Waals surface area contributed by atoms with E-state index in [0.29, 0.717) is 18.7 Å². The molecule has 0 radical (unpaired) electrons. The number of rotatable bonds is 10. The van der Waals surface area contributed by atoms with Crippen molar-refractivity contribution in [1.29, 1.82) is 0 Å². The molecule has 0 spiro atoms. The van der Waals surface area contributed by atoms with Crippen LogP contribution in [0, 0.1) is 0 Å². The zero-order chi connectivity index (χ0) is 19.0. The van der Waals surface area contributed by atoms with Crippen molar-refractivity contribution >= 4 is 27.5 Å². The minimum absolute atomic E-state index is 0.0239. The molecule has 0 fully saturated rings. The highest BCUT2D eigenvalue weighted by atomic mass is 35.5. The van der Waals surface area contributed by atoms with Crippen LogP contribution in [0.15, 0.2) is 23.1 Å². The molecule has 0 bridgehead atoms. The second-order valence-electron chi connectivity index (χ2n) is 6.10. The number of amides is 1. The van der Waals surface area contributed by atoms with Gasteiger partial charge in [-0.3, -0.25) is 4.79 Å². The number of benzene rings is 1. The van der Waals surface area contributed by atoms with Crippen molar-refractivity contribution in [3.05, 3.63) is 28.8 Å². The summed E-state index contributed by atoms with van der Waals surface area (Å²) in [7, 11) is -3.71. The van der Waals surface area contributed by atoms with E-state index in [2.05, 4.69) is 12.2 Å². The van der Waals surface area contributed by atoms with Gasteiger partial charge in [0, 0.05) is 24.7 Å². The molecule has 1 atom stereocenters. The first kappa shape index (κ1) is 21.9. The molecule has 0 unspecified atom stereocenters. The summed E-state index contributed by atoms with van der Waals surface area (Å²) in [5.74, 6) is -0.281. The third-order valence-electron chi connectivity index (χ3n) is 4.13. The Balaban J connectivity index is 2.99. The number of carbonyl (C=O) groups is 1. The quantitative estimate of drug-likeness (QED) is 0.614. The van der Waals surface area contributed by atoms with Crippen LogP contribution in [0.1, 0.15) is 63.7 Å². The molecule has 142 valence electrons. The van der Waals surface area contributed by atoms with Gasteiger partial charge in [0.05, 0.1) is 5.02 Å². The van der Waals surface area contributed by atoms with Gasteiger partial charge in [0.2, 0.25) is 10.0 Å². The smallest absolute Gasteiger partial charge is 0.251 e. The molecule has 1 aromatic carbocycles. The van der Waals surface area contributed by atoms with Crippen molar-refractivity contribution < 1.29 is 13.2 Å². The highest BCUT2D eigenvalue weighted by Gasteiger charge is 2.25. The highest BCUT2D eigenvalue weighted by molar-refractivity contribution is 7.89. The molecule has 5 nitrogen and oxygen atoms in total. The average Bonchev–Trinajstić information content (AvgIpc) is 2.56. The third kappa shape index (κ3) is 5.97. The van der Waals surface area contributed by atoms with Gasteiger partial charge in [-0.1, -0.05) is 51.6 Å². The second kappa shape index (κ2) is 10.1. The first-order chi connectivity index (χ1) is 11.8. The Labute approximate surface area is 156 Å². The molecule has 25 heavy (non-hydrogen) atoms. The van der Waals surface area contributed by atoms with E-state index >= 15 is 0 Å². The van der Waals surface area contributed by atoms with Crippen LogP contribution in [0.25, 0.3) is 0 Å². The van der Waals surface area contributed by atoms with Gasteiger partial charge in [0.1, 0.15) is 4.90 Å². The number of nitrogens with zero attached hydrogens (tertiary/aromatic N) is 1. The predicted octanol–water partition coefficient (Wildman–Crippen LogP) is 4.07. The predicted molar refractivity (Wildman–Crippen MR) is 103 cm³/mol. The van der Waals surface area contributed by atoms with E-state index in [1.807, 2.05) is 6.92 Å². The standard InChI is InChI=1S/C18H29ClN2O3S/c1-5-8-9-10-14(4)20-18(22)15-11-12-16(19)17(13-15)25(23,24)21(6-2)7-3/h11-14H,5-10H2,1-4H3,(H,20,22)/t14-/m1/s1. The SMILES string of the molecule is CCCCC[C@@H](C)NC(=O)c1ccc(Cl)c(S(=O)(=O)N(CC)CC)c1. The third-order valence-corrected chi connectivity index (χ3v) is 6.67. The zero-order valence-electron chi connectivity index (χ0n) is 15.5. The lowest BCUT2D eigenvalue weighted by atomic mass is 10.1. The van der Waals surface area contributed by atoms with E-state index in [4.69, 9.17) is 11.6 Å². The molecule has 7 heteroatoms. The van der Waals surface area contributed by atoms with E-state index in [1.165, 1.54) is 16.4 Å². The molecule has 1 N–H and O–H groups in total. The van der Waals surface area contributed by atoms with Crippen molar-refractivity contribution in [1.82, 2.24) is 9.62 Å². The first-order valence-electron chi connectivity index (χ1n) is 8.88. The van der Waals surface area contributed by atoms with Gasteiger partial charge in [-0.15, -0.1) is 0 Å². The van der Waals surface area contributed by atoms with Crippen LogP contribution in [-0.4, -0.2) is 37.8 Å².